The van der Waals surface area contributed by atoms with E-state index in [-0.39, 0.29) is 30.2 Å². The first-order valence-electron chi connectivity index (χ1n) is 13.2. The van der Waals surface area contributed by atoms with Crippen molar-refractivity contribution in [1.29, 1.82) is 0 Å². The van der Waals surface area contributed by atoms with Crippen LogP contribution >= 0.6 is 11.8 Å². The van der Waals surface area contributed by atoms with E-state index in [0.717, 1.165) is 16.1 Å². The highest BCUT2D eigenvalue weighted by molar-refractivity contribution is 8.00. The third-order valence-electron chi connectivity index (χ3n) is 7.57. The molecule has 1 aliphatic carbocycles. The number of nitrogens with two attached hydrogens (primary N) is 1. The molecule has 2 heterocycles. The highest BCUT2D eigenvalue weighted by Crippen LogP contribution is 2.49. The van der Waals surface area contributed by atoms with E-state index in [1.807, 2.05) is 37.3 Å². The molecule has 2 aliphatic rings. The van der Waals surface area contributed by atoms with Crippen LogP contribution in [0.2, 0.25) is 0 Å². The van der Waals surface area contributed by atoms with Crippen molar-refractivity contribution >= 4 is 29.2 Å². The standard InChI is InChI=1S/C28H36N6O5S/c1-4-16-11-18(13-19(12-16)39-3)28(29,38)34-26-30-15(2)22(25-31-20-7-5-6-8-21(20)40-25)24(32-26)33-27(37)10-9-17(14-35)23(27)36/h5-8,11-13,17,23,25,31,35-38H,4,9-10,14,29H2,1-3H3,(H2,30,32,33,34). The Morgan fingerprint density at radius 2 is 2.02 bits per heavy atom. The quantitative estimate of drug-likeness (QED) is 0.177. The largest absolute Gasteiger partial charge is 0.497 e. The molecule has 214 valence electrons. The van der Waals surface area contributed by atoms with Gasteiger partial charge >= 0.3 is 0 Å². The molecule has 0 radical (unpaired) electrons. The third kappa shape index (κ3) is 5.42. The molecule has 5 rings (SSSR count). The average molecular weight is 569 g/mol. The first-order chi connectivity index (χ1) is 19.1. The minimum Gasteiger partial charge on any atom is -0.497 e. The molecular formula is C28H36N6O5S. The van der Waals surface area contributed by atoms with Crippen molar-refractivity contribution in [3.05, 3.63) is 64.8 Å². The van der Waals surface area contributed by atoms with Gasteiger partial charge in [0.15, 0.2) is 5.72 Å². The van der Waals surface area contributed by atoms with Crippen LogP contribution in [0.1, 0.15) is 47.5 Å². The molecule has 0 spiro atoms. The molecule has 0 amide bonds. The second-order valence-electron chi connectivity index (χ2n) is 10.3. The van der Waals surface area contributed by atoms with Crippen LogP contribution in [-0.2, 0) is 12.3 Å². The Morgan fingerprint density at radius 1 is 1.25 bits per heavy atom. The van der Waals surface area contributed by atoms with E-state index >= 15 is 0 Å². The molecule has 11 nitrogen and oxygen atoms in total. The maximum atomic E-state index is 11.4. The van der Waals surface area contributed by atoms with Crippen LogP contribution in [0.5, 0.6) is 5.75 Å². The smallest absolute Gasteiger partial charge is 0.228 e. The molecule has 1 aliphatic heterocycles. The predicted octanol–water partition coefficient (Wildman–Crippen LogP) is 2.61. The summed E-state index contributed by atoms with van der Waals surface area (Å²) in [6.07, 6.45) is 0.142. The zero-order valence-corrected chi connectivity index (χ0v) is 23.5. The number of methoxy groups -OCH3 is 1. The van der Waals surface area contributed by atoms with Crippen molar-refractivity contribution in [3.63, 3.8) is 0 Å². The summed E-state index contributed by atoms with van der Waals surface area (Å²) in [5, 5.41) is 52.2. The maximum absolute atomic E-state index is 11.4. The Kier molecular flexibility index (Phi) is 7.83. The van der Waals surface area contributed by atoms with E-state index in [0.29, 0.717) is 35.4 Å². The number of fused-ring (bicyclic) bond motifs is 1. The van der Waals surface area contributed by atoms with Gasteiger partial charge < -0.3 is 41.1 Å². The minimum absolute atomic E-state index is 0.0184. The number of aromatic nitrogens is 2. The van der Waals surface area contributed by atoms with E-state index in [1.165, 1.54) is 0 Å². The fourth-order valence-electron chi connectivity index (χ4n) is 5.24. The topological polar surface area (TPSA) is 178 Å². The van der Waals surface area contributed by atoms with Crippen LogP contribution in [0.4, 0.5) is 17.5 Å². The number of ether oxygens (including phenoxy) is 1. The second-order valence-corrected chi connectivity index (χ2v) is 11.5. The van der Waals surface area contributed by atoms with Crippen molar-refractivity contribution < 1.29 is 25.2 Å². The number of aliphatic hydroxyl groups is 4. The summed E-state index contributed by atoms with van der Waals surface area (Å²) in [4.78, 5) is 10.3. The van der Waals surface area contributed by atoms with Crippen LogP contribution in [0, 0.1) is 12.8 Å². The van der Waals surface area contributed by atoms with Gasteiger partial charge in [0.1, 0.15) is 23.0 Å². The zero-order chi connectivity index (χ0) is 28.7. The van der Waals surface area contributed by atoms with Crippen molar-refractivity contribution in [2.24, 2.45) is 11.7 Å². The number of hydrogen-bond acceptors (Lipinski definition) is 12. The SMILES string of the molecule is CCc1cc(OC)cc(C(N)(O)Nc2nc(C)c(C3Nc4ccccc4S3)c(NC3(O)CCC(CO)C3O)n2)c1. The summed E-state index contributed by atoms with van der Waals surface area (Å²) in [7, 11) is 1.54. The molecular weight excluding hydrogens is 532 g/mol. The normalized spacial score (nSPS) is 25.1. The van der Waals surface area contributed by atoms with Gasteiger partial charge in [0.2, 0.25) is 11.8 Å². The molecule has 5 atom stereocenters. The molecule has 3 aromatic rings. The van der Waals surface area contributed by atoms with E-state index < -0.39 is 23.6 Å². The number of nitrogens with one attached hydrogen (secondary N) is 3. The molecule has 40 heavy (non-hydrogen) atoms. The number of aryl methyl sites for hydroxylation is 2. The fourth-order valence-corrected chi connectivity index (χ4v) is 6.49. The number of benzene rings is 2. The van der Waals surface area contributed by atoms with Crippen molar-refractivity contribution in [1.82, 2.24) is 9.97 Å². The van der Waals surface area contributed by atoms with Gasteiger partial charge in [0.05, 0.1) is 12.8 Å². The van der Waals surface area contributed by atoms with Crippen LogP contribution < -0.4 is 26.4 Å². The van der Waals surface area contributed by atoms with Crippen molar-refractivity contribution in [2.45, 2.75) is 61.1 Å². The number of anilines is 3. The summed E-state index contributed by atoms with van der Waals surface area (Å²) < 4.78 is 5.38. The molecule has 2 aromatic carbocycles. The lowest BCUT2D eigenvalue weighted by molar-refractivity contribution is -0.0546. The van der Waals surface area contributed by atoms with E-state index in [1.54, 1.807) is 37.9 Å². The second kappa shape index (κ2) is 11.0. The number of rotatable bonds is 9. The van der Waals surface area contributed by atoms with Gasteiger partial charge in [-0.15, -0.1) is 0 Å². The highest BCUT2D eigenvalue weighted by atomic mass is 32.2. The average Bonchev–Trinajstić information content (AvgIpc) is 3.47. The number of hydrogen-bond donors (Lipinski definition) is 8. The molecule has 1 saturated carbocycles. The van der Waals surface area contributed by atoms with Gasteiger partial charge in [-0.05, 0) is 62.1 Å². The van der Waals surface area contributed by atoms with Gasteiger partial charge in [0.25, 0.3) is 0 Å². The van der Waals surface area contributed by atoms with Gasteiger partial charge in [-0.1, -0.05) is 30.8 Å². The van der Waals surface area contributed by atoms with Gasteiger partial charge in [0, 0.05) is 34.2 Å². The first kappa shape index (κ1) is 28.4. The first-order valence-corrected chi connectivity index (χ1v) is 14.1. The molecule has 0 bridgehead atoms. The van der Waals surface area contributed by atoms with Crippen LogP contribution in [-0.4, -0.2) is 55.9 Å². The molecule has 9 N–H and O–H groups in total. The van der Waals surface area contributed by atoms with Crippen LogP contribution in [0.3, 0.4) is 0 Å². The molecule has 0 saturated heterocycles. The summed E-state index contributed by atoms with van der Waals surface area (Å²) in [6, 6.07) is 13.2. The number of nitrogens with zero attached hydrogens (tertiary/aromatic N) is 2. The Morgan fingerprint density at radius 3 is 2.70 bits per heavy atom. The Hall–Kier alpha value is -3.13. The van der Waals surface area contributed by atoms with Crippen LogP contribution in [0.25, 0.3) is 0 Å². The number of thioether (sulfide) groups is 1. The lowest BCUT2D eigenvalue weighted by Crippen LogP contribution is -2.48. The van der Waals surface area contributed by atoms with E-state index in [9.17, 15) is 20.4 Å². The molecule has 1 fully saturated rings. The maximum Gasteiger partial charge on any atom is 0.228 e. The highest BCUT2D eigenvalue weighted by Gasteiger charge is 2.47. The predicted molar refractivity (Wildman–Crippen MR) is 154 cm³/mol. The molecule has 1 aromatic heterocycles. The summed E-state index contributed by atoms with van der Waals surface area (Å²) in [6.45, 7) is 3.55. The van der Waals surface area contributed by atoms with Gasteiger partial charge in [-0.25, -0.2) is 4.98 Å². The summed E-state index contributed by atoms with van der Waals surface area (Å²) in [5.41, 5.74) is 8.12. The van der Waals surface area contributed by atoms with Crippen molar-refractivity contribution in [2.75, 3.05) is 29.7 Å². The van der Waals surface area contributed by atoms with E-state index in [4.69, 9.17) is 10.5 Å². The monoisotopic (exact) mass is 568 g/mol. The summed E-state index contributed by atoms with van der Waals surface area (Å²) in [5.74, 6) is -1.69. The van der Waals surface area contributed by atoms with Crippen molar-refractivity contribution in [3.8, 4) is 5.75 Å². The fraction of sp³-hybridized carbons (Fsp3) is 0.429. The number of aliphatic hydroxyl groups excluding tert-OH is 2. The number of para-hydroxylation sites is 1. The Labute approximate surface area is 237 Å². The molecule has 12 heteroatoms. The lowest BCUT2D eigenvalue weighted by Gasteiger charge is -2.32. The minimum atomic E-state index is -2.05. The van der Waals surface area contributed by atoms with E-state index in [2.05, 4.69) is 25.9 Å². The third-order valence-corrected chi connectivity index (χ3v) is 8.77. The van der Waals surface area contributed by atoms with Crippen LogP contribution in [0.15, 0.2) is 47.4 Å². The zero-order valence-electron chi connectivity index (χ0n) is 22.7. The Bertz CT molecular complexity index is 1340. The molecule has 5 unspecified atom stereocenters. The van der Waals surface area contributed by atoms with Gasteiger partial charge in [-0.2, -0.15) is 4.98 Å². The van der Waals surface area contributed by atoms with Gasteiger partial charge in [-0.3, -0.25) is 5.73 Å². The Balaban J connectivity index is 1.53. The summed E-state index contributed by atoms with van der Waals surface area (Å²) >= 11 is 1.58. The lowest BCUT2D eigenvalue weighted by atomic mass is 10.0.